The van der Waals surface area contributed by atoms with Gasteiger partial charge in [-0.3, -0.25) is 0 Å². The first-order chi connectivity index (χ1) is 11.1. The molecule has 1 N–H and O–H groups in total. The van der Waals surface area contributed by atoms with Gasteiger partial charge in [-0.2, -0.15) is 0 Å². The summed E-state index contributed by atoms with van der Waals surface area (Å²) in [5.41, 5.74) is 2.49. The molecule has 4 rings (SSSR count). The molecule has 4 aromatic rings. The molecule has 0 bridgehead atoms. The van der Waals surface area contributed by atoms with Gasteiger partial charge in [-0.1, -0.05) is 26.8 Å². The minimum absolute atomic E-state index is 0.559. The number of aryl methyl sites for hydroxylation is 1. The lowest BCUT2D eigenvalue weighted by Gasteiger charge is -1.95. The number of rotatable bonds is 3. The molecule has 0 atom stereocenters. The third-order valence-corrected chi connectivity index (χ3v) is 5.65. The third-order valence-electron chi connectivity index (χ3n) is 4.26. The lowest BCUT2D eigenvalue weighted by molar-refractivity contribution is -0.656. The van der Waals surface area contributed by atoms with E-state index < -0.39 is 0 Å². The number of thiophene rings is 1. The largest absolute Gasteiger partial charge is 0.346 e. The molecule has 3 heterocycles. The summed E-state index contributed by atoms with van der Waals surface area (Å²) < 4.78 is 3.26. The number of fused-ring (bicyclic) bond motifs is 2. The molecular formula is C19H20N3S+. The summed E-state index contributed by atoms with van der Waals surface area (Å²) in [6.45, 7) is 6.64. The van der Waals surface area contributed by atoms with E-state index in [1.165, 1.54) is 25.9 Å². The molecule has 0 spiro atoms. The van der Waals surface area contributed by atoms with Crippen molar-refractivity contribution < 1.29 is 4.68 Å². The average molecular weight is 322 g/mol. The SMILES string of the molecule is CCc1ccc2c[n+](-c3cc4cc(C(C)C)sc4cn3)[nH]c2c1. The predicted molar refractivity (Wildman–Crippen MR) is 96.5 cm³/mol. The highest BCUT2D eigenvalue weighted by atomic mass is 32.1. The van der Waals surface area contributed by atoms with Crippen molar-refractivity contribution in [3.63, 3.8) is 0 Å². The Labute approximate surface area is 139 Å². The van der Waals surface area contributed by atoms with Gasteiger partial charge in [-0.25, -0.2) is 5.10 Å². The Kier molecular flexibility index (Phi) is 3.42. The Morgan fingerprint density at radius 1 is 1.17 bits per heavy atom. The number of H-pyrrole nitrogens is 1. The van der Waals surface area contributed by atoms with Crippen LogP contribution in [0.25, 0.3) is 26.8 Å². The highest BCUT2D eigenvalue weighted by Crippen LogP contribution is 2.30. The molecule has 0 aliphatic carbocycles. The summed E-state index contributed by atoms with van der Waals surface area (Å²) in [5, 5.41) is 5.91. The number of pyridine rings is 1. The Hall–Kier alpha value is -2.20. The fourth-order valence-electron chi connectivity index (χ4n) is 2.83. The molecule has 4 heteroatoms. The van der Waals surface area contributed by atoms with Crippen LogP contribution in [0.4, 0.5) is 0 Å². The van der Waals surface area contributed by atoms with Crippen molar-refractivity contribution in [3.8, 4) is 5.82 Å². The van der Waals surface area contributed by atoms with Gasteiger partial charge < -0.3 is 0 Å². The van der Waals surface area contributed by atoms with Crippen LogP contribution in [-0.2, 0) is 6.42 Å². The quantitative estimate of drug-likeness (QED) is 0.543. The van der Waals surface area contributed by atoms with Gasteiger partial charge in [-0.05, 0) is 41.1 Å². The maximum absolute atomic E-state index is 4.63. The molecule has 1 aromatic carbocycles. The topological polar surface area (TPSA) is 32.6 Å². The van der Waals surface area contributed by atoms with Crippen LogP contribution < -0.4 is 4.68 Å². The van der Waals surface area contributed by atoms with E-state index in [-0.39, 0.29) is 0 Å². The zero-order valence-electron chi connectivity index (χ0n) is 13.6. The van der Waals surface area contributed by atoms with Crippen LogP contribution in [0.15, 0.2) is 42.7 Å². The summed E-state index contributed by atoms with van der Waals surface area (Å²) >= 11 is 1.84. The van der Waals surface area contributed by atoms with Crippen molar-refractivity contribution >= 4 is 32.3 Å². The van der Waals surface area contributed by atoms with Gasteiger partial charge in [0.2, 0.25) is 0 Å². The minimum Gasteiger partial charge on any atom is -0.223 e. The first kappa shape index (κ1) is 14.4. The average Bonchev–Trinajstić information content (AvgIpc) is 3.17. The van der Waals surface area contributed by atoms with Crippen LogP contribution in [0.5, 0.6) is 0 Å². The molecule has 3 aromatic heterocycles. The number of nitrogens with zero attached hydrogens (tertiary/aromatic N) is 2. The smallest absolute Gasteiger partial charge is 0.223 e. The molecular weight excluding hydrogens is 302 g/mol. The fraction of sp³-hybridized carbons (Fsp3) is 0.263. The normalized spacial score (nSPS) is 11.8. The highest BCUT2D eigenvalue weighted by molar-refractivity contribution is 7.19. The molecule has 0 unspecified atom stereocenters. The second-order valence-electron chi connectivity index (χ2n) is 6.27. The summed E-state index contributed by atoms with van der Waals surface area (Å²) in [7, 11) is 0. The van der Waals surface area contributed by atoms with Crippen LogP contribution in [0.1, 0.15) is 37.1 Å². The zero-order chi connectivity index (χ0) is 16.0. The maximum Gasteiger partial charge on any atom is 0.346 e. The van der Waals surface area contributed by atoms with Gasteiger partial charge in [-0.15, -0.1) is 16.0 Å². The van der Waals surface area contributed by atoms with Crippen LogP contribution >= 0.6 is 11.3 Å². The van der Waals surface area contributed by atoms with Crippen molar-refractivity contribution in [2.75, 3.05) is 0 Å². The number of aromatic nitrogens is 3. The van der Waals surface area contributed by atoms with Crippen molar-refractivity contribution in [3.05, 3.63) is 53.2 Å². The standard InChI is InChI=1S/C19H19N3S/c1-4-13-5-6-14-11-22(21-16(14)7-13)19-9-15-8-17(12(2)3)23-18(15)10-20-19/h5-12H,4H2,1-3H3/p+1. The van der Waals surface area contributed by atoms with Gasteiger partial charge in [0.15, 0.2) is 6.20 Å². The second-order valence-corrected chi connectivity index (χ2v) is 7.39. The number of hydrogen-bond acceptors (Lipinski definition) is 2. The first-order valence-corrected chi connectivity index (χ1v) is 8.89. The summed E-state index contributed by atoms with van der Waals surface area (Å²) in [4.78, 5) is 6.04. The van der Waals surface area contributed by atoms with E-state index in [4.69, 9.17) is 0 Å². The fourth-order valence-corrected chi connectivity index (χ4v) is 3.84. The van der Waals surface area contributed by atoms with Crippen LogP contribution in [-0.4, -0.2) is 10.1 Å². The lowest BCUT2D eigenvalue weighted by atomic mass is 10.1. The number of hydrogen-bond donors (Lipinski definition) is 1. The Morgan fingerprint density at radius 2 is 2.04 bits per heavy atom. The van der Waals surface area contributed by atoms with Gasteiger partial charge in [0.1, 0.15) is 6.20 Å². The van der Waals surface area contributed by atoms with Crippen molar-refractivity contribution in [2.24, 2.45) is 0 Å². The molecule has 0 fully saturated rings. The van der Waals surface area contributed by atoms with Crippen LogP contribution in [0.3, 0.4) is 0 Å². The van der Waals surface area contributed by atoms with E-state index in [0.29, 0.717) is 5.92 Å². The zero-order valence-corrected chi connectivity index (χ0v) is 14.4. The van der Waals surface area contributed by atoms with Crippen molar-refractivity contribution in [1.29, 1.82) is 0 Å². The predicted octanol–water partition coefficient (Wildman–Crippen LogP) is 4.74. The molecule has 0 saturated carbocycles. The molecule has 0 aliphatic heterocycles. The van der Waals surface area contributed by atoms with Gasteiger partial charge in [0.25, 0.3) is 0 Å². The number of nitrogens with one attached hydrogen (secondary N) is 1. The second kappa shape index (κ2) is 5.46. The third kappa shape index (κ3) is 2.53. The van der Waals surface area contributed by atoms with E-state index in [1.54, 1.807) is 0 Å². The molecule has 0 saturated heterocycles. The lowest BCUT2D eigenvalue weighted by Crippen LogP contribution is -2.32. The van der Waals surface area contributed by atoms with Crippen molar-refractivity contribution in [2.45, 2.75) is 33.1 Å². The monoisotopic (exact) mass is 322 g/mol. The minimum atomic E-state index is 0.559. The summed E-state index contributed by atoms with van der Waals surface area (Å²) in [6, 6.07) is 11.0. The Bertz CT molecular complexity index is 994. The molecule has 0 amide bonds. The van der Waals surface area contributed by atoms with E-state index in [2.05, 4.69) is 67.4 Å². The Balaban J connectivity index is 1.81. The summed E-state index contributed by atoms with van der Waals surface area (Å²) in [6.07, 6.45) is 5.14. The summed E-state index contributed by atoms with van der Waals surface area (Å²) in [5.74, 6) is 1.49. The van der Waals surface area contributed by atoms with Gasteiger partial charge >= 0.3 is 5.82 Å². The molecule has 23 heavy (non-hydrogen) atoms. The van der Waals surface area contributed by atoms with E-state index in [1.807, 2.05) is 22.2 Å². The van der Waals surface area contributed by atoms with Crippen LogP contribution in [0.2, 0.25) is 0 Å². The van der Waals surface area contributed by atoms with Gasteiger partial charge in [0.05, 0.1) is 10.2 Å². The van der Waals surface area contributed by atoms with E-state index in [9.17, 15) is 0 Å². The number of aromatic amines is 1. The van der Waals surface area contributed by atoms with Crippen molar-refractivity contribution in [1.82, 2.24) is 10.1 Å². The maximum atomic E-state index is 4.63. The van der Waals surface area contributed by atoms with E-state index in [0.717, 1.165) is 17.8 Å². The van der Waals surface area contributed by atoms with E-state index >= 15 is 0 Å². The first-order valence-electron chi connectivity index (χ1n) is 8.07. The van der Waals surface area contributed by atoms with Gasteiger partial charge in [0, 0.05) is 21.7 Å². The highest BCUT2D eigenvalue weighted by Gasteiger charge is 2.15. The van der Waals surface area contributed by atoms with Crippen LogP contribution in [0, 0.1) is 0 Å². The molecule has 0 radical (unpaired) electrons. The molecule has 3 nitrogen and oxygen atoms in total. The molecule has 0 aliphatic rings. The number of benzene rings is 1. The Morgan fingerprint density at radius 3 is 2.83 bits per heavy atom. The molecule has 116 valence electrons.